The molecule has 3 aromatic rings. The molecule has 22 heavy (non-hydrogen) atoms. The molecular weight excluding hydrogens is 296 g/mol. The zero-order chi connectivity index (χ0) is 15.7. The molecule has 110 valence electrons. The Balaban J connectivity index is 1.88. The van der Waals surface area contributed by atoms with Crippen molar-refractivity contribution in [2.75, 3.05) is 5.73 Å². The van der Waals surface area contributed by atoms with E-state index in [9.17, 15) is 0 Å². The number of pyridine rings is 1. The van der Waals surface area contributed by atoms with Crippen LogP contribution < -0.4 is 5.73 Å². The molecule has 0 radical (unpaired) electrons. The molecule has 0 aromatic carbocycles. The van der Waals surface area contributed by atoms with Gasteiger partial charge in [-0.05, 0) is 19.1 Å². The van der Waals surface area contributed by atoms with Gasteiger partial charge in [0.25, 0.3) is 0 Å². The summed E-state index contributed by atoms with van der Waals surface area (Å²) >= 11 is 1.43. The molecule has 6 nitrogen and oxygen atoms in total. The first-order valence-electron chi connectivity index (χ1n) is 6.69. The van der Waals surface area contributed by atoms with Crippen LogP contribution >= 0.6 is 11.8 Å². The first kappa shape index (κ1) is 14.4. The minimum Gasteiger partial charge on any atom is -0.384 e. The third-order valence-corrected chi connectivity index (χ3v) is 4.32. The molecule has 0 amide bonds. The second-order valence-corrected chi connectivity index (χ2v) is 6.24. The summed E-state index contributed by atoms with van der Waals surface area (Å²) in [6.07, 6.45) is 3.87. The molecule has 0 bridgehead atoms. The fraction of sp³-hybridized carbons (Fsp3) is 0.200. The Morgan fingerprint density at radius 2 is 2.18 bits per heavy atom. The average molecular weight is 310 g/mol. The van der Waals surface area contributed by atoms with Gasteiger partial charge in [0.1, 0.15) is 17.6 Å². The van der Waals surface area contributed by atoms with Crippen LogP contribution in [-0.2, 0) is 7.05 Å². The molecule has 2 N–H and O–H groups in total. The third-order valence-electron chi connectivity index (χ3n) is 3.33. The van der Waals surface area contributed by atoms with E-state index < -0.39 is 0 Å². The molecule has 0 fully saturated rings. The van der Waals surface area contributed by atoms with E-state index in [1.165, 1.54) is 17.8 Å². The van der Waals surface area contributed by atoms with E-state index in [4.69, 9.17) is 11.0 Å². The van der Waals surface area contributed by atoms with Crippen molar-refractivity contribution in [2.24, 2.45) is 7.05 Å². The number of aromatic nitrogens is 4. The van der Waals surface area contributed by atoms with Crippen molar-refractivity contribution in [1.29, 1.82) is 5.26 Å². The van der Waals surface area contributed by atoms with Crippen LogP contribution in [0.4, 0.5) is 5.82 Å². The van der Waals surface area contributed by atoms with E-state index in [1.807, 2.05) is 37.0 Å². The van der Waals surface area contributed by atoms with Gasteiger partial charge in [0.05, 0.1) is 22.7 Å². The summed E-state index contributed by atoms with van der Waals surface area (Å²) in [6.45, 7) is 2.03. The van der Waals surface area contributed by atoms with Crippen molar-refractivity contribution >= 4 is 28.5 Å². The van der Waals surface area contributed by atoms with Crippen LogP contribution in [0.2, 0.25) is 0 Å². The zero-order valence-corrected chi connectivity index (χ0v) is 13.0. The van der Waals surface area contributed by atoms with Crippen molar-refractivity contribution < 1.29 is 0 Å². The van der Waals surface area contributed by atoms with Crippen LogP contribution in [0.25, 0.3) is 10.9 Å². The molecule has 0 aliphatic rings. The standard InChI is InChI=1S/C15H14N6S/c1-9(22-15-19-11(7-16)6-14(17)20-15)12-5-10-3-4-21(2)13(10)8-18-12/h3-6,8-9H,1-2H3,(H2,17,19,20). The van der Waals surface area contributed by atoms with E-state index in [1.54, 1.807) is 0 Å². The summed E-state index contributed by atoms with van der Waals surface area (Å²) in [5.41, 5.74) is 7.99. The Bertz CT molecular complexity index is 879. The fourth-order valence-corrected chi connectivity index (χ4v) is 3.05. The van der Waals surface area contributed by atoms with Gasteiger partial charge in [-0.25, -0.2) is 9.97 Å². The highest BCUT2D eigenvalue weighted by atomic mass is 32.2. The van der Waals surface area contributed by atoms with Gasteiger partial charge in [0.15, 0.2) is 5.16 Å². The van der Waals surface area contributed by atoms with Gasteiger partial charge in [-0.3, -0.25) is 4.98 Å². The number of anilines is 1. The Kier molecular flexibility index (Phi) is 3.69. The predicted molar refractivity (Wildman–Crippen MR) is 86.1 cm³/mol. The number of nitrogens with two attached hydrogens (primary N) is 1. The predicted octanol–water partition coefficient (Wildman–Crippen LogP) is 2.67. The second kappa shape index (κ2) is 5.66. The molecule has 0 saturated carbocycles. The molecule has 7 heteroatoms. The van der Waals surface area contributed by atoms with Crippen molar-refractivity contribution in [3.8, 4) is 6.07 Å². The normalized spacial score (nSPS) is 12.2. The molecule has 0 saturated heterocycles. The fourth-order valence-electron chi connectivity index (χ4n) is 2.18. The maximum absolute atomic E-state index is 8.94. The lowest BCUT2D eigenvalue weighted by molar-refractivity contribution is 0.932. The second-order valence-electron chi connectivity index (χ2n) is 4.93. The topological polar surface area (TPSA) is 93.4 Å². The quantitative estimate of drug-likeness (QED) is 0.590. The van der Waals surface area contributed by atoms with Crippen LogP contribution in [0, 0.1) is 11.3 Å². The summed E-state index contributed by atoms with van der Waals surface area (Å²) in [7, 11) is 1.99. The molecule has 3 aromatic heterocycles. The Morgan fingerprint density at radius 1 is 1.36 bits per heavy atom. The smallest absolute Gasteiger partial charge is 0.191 e. The zero-order valence-electron chi connectivity index (χ0n) is 12.2. The minimum atomic E-state index is 0.0537. The van der Waals surface area contributed by atoms with Crippen molar-refractivity contribution in [3.05, 3.63) is 42.0 Å². The van der Waals surface area contributed by atoms with E-state index in [-0.39, 0.29) is 10.9 Å². The lowest BCUT2D eigenvalue weighted by atomic mass is 10.2. The van der Waals surface area contributed by atoms with Gasteiger partial charge in [-0.1, -0.05) is 11.8 Å². The van der Waals surface area contributed by atoms with E-state index in [2.05, 4.69) is 27.1 Å². The molecule has 1 unspecified atom stereocenters. The number of hydrogen-bond donors (Lipinski definition) is 1. The number of hydrogen-bond acceptors (Lipinski definition) is 6. The van der Waals surface area contributed by atoms with Crippen LogP contribution in [0.5, 0.6) is 0 Å². The van der Waals surface area contributed by atoms with Gasteiger partial charge in [0.2, 0.25) is 0 Å². The first-order valence-corrected chi connectivity index (χ1v) is 7.57. The highest BCUT2D eigenvalue weighted by Gasteiger charge is 2.13. The number of nitriles is 1. The SMILES string of the molecule is CC(Sc1nc(N)cc(C#N)n1)c1cc2ccn(C)c2cn1. The molecule has 3 rings (SSSR count). The van der Waals surface area contributed by atoms with Gasteiger partial charge in [-0.15, -0.1) is 0 Å². The van der Waals surface area contributed by atoms with Gasteiger partial charge < -0.3 is 10.3 Å². The van der Waals surface area contributed by atoms with Crippen LogP contribution in [0.3, 0.4) is 0 Å². The van der Waals surface area contributed by atoms with Gasteiger partial charge in [-0.2, -0.15) is 5.26 Å². The maximum atomic E-state index is 8.94. The number of nitrogen functional groups attached to an aromatic ring is 1. The molecular formula is C15H14N6S. The Morgan fingerprint density at radius 3 is 2.95 bits per heavy atom. The van der Waals surface area contributed by atoms with E-state index in [0.717, 1.165) is 16.6 Å². The van der Waals surface area contributed by atoms with E-state index in [0.29, 0.717) is 11.0 Å². The summed E-state index contributed by atoms with van der Waals surface area (Å²) in [5.74, 6) is 0.299. The number of thioether (sulfide) groups is 1. The first-order chi connectivity index (χ1) is 10.6. The van der Waals surface area contributed by atoms with Crippen LogP contribution in [0.1, 0.15) is 23.6 Å². The molecule has 0 aliphatic heterocycles. The largest absolute Gasteiger partial charge is 0.384 e. The third kappa shape index (κ3) is 2.73. The Hall–Kier alpha value is -2.59. The molecule has 0 aliphatic carbocycles. The van der Waals surface area contributed by atoms with Crippen LogP contribution in [-0.4, -0.2) is 19.5 Å². The summed E-state index contributed by atoms with van der Waals surface area (Å²) in [5, 5.41) is 10.6. The lowest BCUT2D eigenvalue weighted by Gasteiger charge is -2.10. The highest BCUT2D eigenvalue weighted by Crippen LogP contribution is 2.33. The minimum absolute atomic E-state index is 0.0537. The number of nitrogens with zero attached hydrogens (tertiary/aromatic N) is 5. The Labute approximate surface area is 132 Å². The van der Waals surface area contributed by atoms with Gasteiger partial charge >= 0.3 is 0 Å². The van der Waals surface area contributed by atoms with Crippen molar-refractivity contribution in [2.45, 2.75) is 17.3 Å². The lowest BCUT2D eigenvalue weighted by Crippen LogP contribution is -2.00. The highest BCUT2D eigenvalue weighted by molar-refractivity contribution is 7.99. The molecule has 1 atom stereocenters. The summed E-state index contributed by atoms with van der Waals surface area (Å²) in [6, 6.07) is 7.56. The van der Waals surface area contributed by atoms with Crippen molar-refractivity contribution in [3.63, 3.8) is 0 Å². The van der Waals surface area contributed by atoms with Crippen molar-refractivity contribution in [1.82, 2.24) is 19.5 Å². The maximum Gasteiger partial charge on any atom is 0.191 e. The van der Waals surface area contributed by atoms with Gasteiger partial charge in [0, 0.05) is 24.7 Å². The van der Waals surface area contributed by atoms with Crippen LogP contribution in [0.15, 0.2) is 35.7 Å². The number of aryl methyl sites for hydroxylation is 1. The number of fused-ring (bicyclic) bond motifs is 1. The molecule has 0 spiro atoms. The summed E-state index contributed by atoms with van der Waals surface area (Å²) < 4.78 is 2.03. The molecule has 3 heterocycles. The van der Waals surface area contributed by atoms with E-state index >= 15 is 0 Å². The number of rotatable bonds is 3. The monoisotopic (exact) mass is 310 g/mol. The average Bonchev–Trinajstić information content (AvgIpc) is 2.87. The summed E-state index contributed by atoms with van der Waals surface area (Å²) in [4.78, 5) is 12.8.